The number of hydrogen-bond donors (Lipinski definition) is 2. The molecule has 1 fully saturated rings. The second kappa shape index (κ2) is 5.70. The number of nitrogens with zero attached hydrogens (tertiary/aromatic N) is 3. The summed E-state index contributed by atoms with van der Waals surface area (Å²) in [6.45, 7) is 0. The Morgan fingerprint density at radius 1 is 1.45 bits per heavy atom. The van der Waals surface area contributed by atoms with E-state index in [1.54, 1.807) is 23.7 Å². The molecule has 0 saturated heterocycles. The predicted octanol–water partition coefficient (Wildman–Crippen LogP) is 0.794. The van der Waals surface area contributed by atoms with Gasteiger partial charge < -0.3 is 20.5 Å². The van der Waals surface area contributed by atoms with Gasteiger partial charge in [0.2, 0.25) is 0 Å². The number of ether oxygens (including phenoxy) is 1. The summed E-state index contributed by atoms with van der Waals surface area (Å²) in [7, 11) is 4.89. The number of esters is 1. The molecular weight excluding hydrogens is 260 g/mol. The number of carbonyl (C=O) groups is 1. The molecule has 7 heteroatoms. The highest BCUT2D eigenvalue weighted by molar-refractivity contribution is 5.99. The quantitative estimate of drug-likeness (QED) is 0.796. The Balaban J connectivity index is 2.46. The van der Waals surface area contributed by atoms with Crippen molar-refractivity contribution in [3.8, 4) is 0 Å². The van der Waals surface area contributed by atoms with Crippen molar-refractivity contribution < 1.29 is 14.6 Å². The Bertz CT molecular complexity index is 498. The number of methoxy groups -OCH3 is 1. The van der Waals surface area contributed by atoms with Gasteiger partial charge >= 0.3 is 5.97 Å². The molecule has 1 aromatic heterocycles. The van der Waals surface area contributed by atoms with Crippen LogP contribution in [0.1, 0.15) is 42.1 Å². The SMILES string of the molecule is COC(=O)c1c(N(C)C)nn(C2CCCCC2O)c1N. The molecule has 1 aliphatic carbocycles. The molecule has 1 aromatic rings. The third-order valence-electron chi connectivity index (χ3n) is 3.75. The van der Waals surface area contributed by atoms with Crippen LogP contribution >= 0.6 is 0 Å². The van der Waals surface area contributed by atoms with Crippen LogP contribution in [-0.4, -0.2) is 48.2 Å². The highest BCUT2D eigenvalue weighted by Gasteiger charge is 2.31. The second-order valence-corrected chi connectivity index (χ2v) is 5.33. The van der Waals surface area contributed by atoms with E-state index in [0.717, 1.165) is 25.7 Å². The number of aliphatic hydroxyl groups is 1. The van der Waals surface area contributed by atoms with Crippen molar-refractivity contribution in [3.63, 3.8) is 0 Å². The highest BCUT2D eigenvalue weighted by Crippen LogP contribution is 2.34. The molecule has 0 bridgehead atoms. The Labute approximate surface area is 118 Å². The molecule has 1 aliphatic rings. The minimum atomic E-state index is -0.511. The molecule has 0 aromatic carbocycles. The van der Waals surface area contributed by atoms with Gasteiger partial charge in [-0.3, -0.25) is 0 Å². The van der Waals surface area contributed by atoms with Gasteiger partial charge in [-0.1, -0.05) is 12.8 Å². The number of hydrogen-bond acceptors (Lipinski definition) is 6. The van der Waals surface area contributed by atoms with Crippen LogP contribution in [0.2, 0.25) is 0 Å². The third kappa shape index (κ3) is 2.45. The van der Waals surface area contributed by atoms with Crippen molar-refractivity contribution >= 4 is 17.6 Å². The van der Waals surface area contributed by atoms with Gasteiger partial charge in [-0.2, -0.15) is 5.10 Å². The van der Waals surface area contributed by atoms with Crippen molar-refractivity contribution in [2.75, 3.05) is 31.8 Å². The first kappa shape index (κ1) is 14.6. The lowest BCUT2D eigenvalue weighted by Crippen LogP contribution is -2.29. The molecule has 1 saturated carbocycles. The predicted molar refractivity (Wildman–Crippen MR) is 75.8 cm³/mol. The number of aromatic nitrogens is 2. The Morgan fingerprint density at radius 3 is 2.65 bits per heavy atom. The summed E-state index contributed by atoms with van der Waals surface area (Å²) in [5.41, 5.74) is 6.33. The lowest BCUT2D eigenvalue weighted by Gasteiger charge is -2.28. The first-order valence-corrected chi connectivity index (χ1v) is 6.79. The molecule has 7 nitrogen and oxygen atoms in total. The zero-order valence-electron chi connectivity index (χ0n) is 12.2. The van der Waals surface area contributed by atoms with Gasteiger partial charge in [0, 0.05) is 14.1 Å². The fourth-order valence-corrected chi connectivity index (χ4v) is 2.68. The minimum Gasteiger partial charge on any atom is -0.465 e. The van der Waals surface area contributed by atoms with Gasteiger partial charge in [0.05, 0.1) is 19.3 Å². The van der Waals surface area contributed by atoms with E-state index in [2.05, 4.69) is 5.10 Å². The number of nitrogens with two attached hydrogens (primary N) is 1. The molecule has 3 N–H and O–H groups in total. The summed E-state index contributed by atoms with van der Waals surface area (Å²) in [5, 5.41) is 14.5. The van der Waals surface area contributed by atoms with Crippen LogP contribution in [0.3, 0.4) is 0 Å². The number of aliphatic hydroxyl groups excluding tert-OH is 1. The van der Waals surface area contributed by atoms with Crippen LogP contribution in [0.15, 0.2) is 0 Å². The van der Waals surface area contributed by atoms with E-state index in [0.29, 0.717) is 5.82 Å². The normalized spacial score (nSPS) is 22.6. The number of nitrogen functional groups attached to an aromatic ring is 1. The standard InChI is InChI=1S/C13H22N4O3/c1-16(2)12-10(13(19)20-3)11(14)17(15-12)8-6-4-5-7-9(8)18/h8-9,18H,4-7,14H2,1-3H3. The fraction of sp³-hybridized carbons (Fsp3) is 0.692. The molecular formula is C13H22N4O3. The molecule has 0 radical (unpaired) electrons. The average Bonchev–Trinajstić information content (AvgIpc) is 2.76. The lowest BCUT2D eigenvalue weighted by atomic mass is 9.93. The van der Waals surface area contributed by atoms with E-state index in [4.69, 9.17) is 10.5 Å². The summed E-state index contributed by atoms with van der Waals surface area (Å²) in [5.74, 6) is 0.210. The van der Waals surface area contributed by atoms with E-state index in [1.807, 2.05) is 0 Å². The average molecular weight is 282 g/mol. The van der Waals surface area contributed by atoms with E-state index in [9.17, 15) is 9.90 Å². The van der Waals surface area contributed by atoms with E-state index in [-0.39, 0.29) is 17.4 Å². The monoisotopic (exact) mass is 282 g/mol. The number of anilines is 2. The minimum absolute atomic E-state index is 0.180. The summed E-state index contributed by atoms with van der Waals surface area (Å²) in [6.07, 6.45) is 3.08. The van der Waals surface area contributed by atoms with Crippen LogP contribution in [0.4, 0.5) is 11.6 Å². The smallest absolute Gasteiger partial charge is 0.345 e. The van der Waals surface area contributed by atoms with Gasteiger partial charge in [-0.15, -0.1) is 0 Å². The summed E-state index contributed by atoms with van der Waals surface area (Å²) in [6, 6.07) is -0.180. The van der Waals surface area contributed by atoms with E-state index < -0.39 is 12.1 Å². The van der Waals surface area contributed by atoms with Crippen molar-refractivity contribution in [1.82, 2.24) is 9.78 Å². The van der Waals surface area contributed by atoms with Gasteiger partial charge in [-0.05, 0) is 12.8 Å². The molecule has 2 rings (SSSR count). The van der Waals surface area contributed by atoms with Crippen LogP contribution in [0.5, 0.6) is 0 Å². The third-order valence-corrected chi connectivity index (χ3v) is 3.75. The molecule has 0 aliphatic heterocycles. The Kier molecular flexibility index (Phi) is 4.17. The molecule has 2 unspecified atom stereocenters. The van der Waals surface area contributed by atoms with Crippen molar-refractivity contribution in [1.29, 1.82) is 0 Å². The van der Waals surface area contributed by atoms with Gasteiger partial charge in [-0.25, -0.2) is 9.48 Å². The first-order valence-electron chi connectivity index (χ1n) is 6.79. The lowest BCUT2D eigenvalue weighted by molar-refractivity contribution is 0.0599. The zero-order valence-corrected chi connectivity index (χ0v) is 12.2. The molecule has 20 heavy (non-hydrogen) atoms. The van der Waals surface area contributed by atoms with Crippen molar-refractivity contribution in [3.05, 3.63) is 5.56 Å². The number of rotatable bonds is 3. The maximum Gasteiger partial charge on any atom is 0.345 e. The van der Waals surface area contributed by atoms with Gasteiger partial charge in [0.1, 0.15) is 11.4 Å². The first-order chi connectivity index (χ1) is 9.47. The highest BCUT2D eigenvalue weighted by atomic mass is 16.5. The molecule has 1 heterocycles. The summed E-state index contributed by atoms with van der Waals surface area (Å²) < 4.78 is 6.35. The van der Waals surface area contributed by atoms with E-state index in [1.165, 1.54) is 7.11 Å². The van der Waals surface area contributed by atoms with Crippen LogP contribution < -0.4 is 10.6 Å². The Hall–Kier alpha value is -1.76. The van der Waals surface area contributed by atoms with Crippen LogP contribution in [-0.2, 0) is 4.74 Å². The fourth-order valence-electron chi connectivity index (χ4n) is 2.68. The summed E-state index contributed by atoms with van der Waals surface area (Å²) >= 11 is 0. The zero-order chi connectivity index (χ0) is 14.9. The number of carbonyl (C=O) groups excluding carboxylic acids is 1. The maximum atomic E-state index is 11.9. The van der Waals surface area contributed by atoms with Gasteiger partial charge in [0.25, 0.3) is 0 Å². The van der Waals surface area contributed by atoms with Crippen molar-refractivity contribution in [2.45, 2.75) is 37.8 Å². The summed E-state index contributed by atoms with van der Waals surface area (Å²) in [4.78, 5) is 13.6. The largest absolute Gasteiger partial charge is 0.465 e. The van der Waals surface area contributed by atoms with Gasteiger partial charge in [0.15, 0.2) is 5.82 Å². The molecule has 0 amide bonds. The molecule has 0 spiro atoms. The maximum absolute atomic E-state index is 11.9. The van der Waals surface area contributed by atoms with E-state index >= 15 is 0 Å². The molecule has 2 atom stereocenters. The van der Waals surface area contributed by atoms with Crippen LogP contribution in [0.25, 0.3) is 0 Å². The topological polar surface area (TPSA) is 93.6 Å². The van der Waals surface area contributed by atoms with Crippen LogP contribution in [0, 0.1) is 0 Å². The van der Waals surface area contributed by atoms with Crippen molar-refractivity contribution in [2.24, 2.45) is 0 Å². The second-order valence-electron chi connectivity index (χ2n) is 5.33. The molecule has 112 valence electrons. The Morgan fingerprint density at radius 2 is 2.10 bits per heavy atom.